The highest BCUT2D eigenvalue weighted by Gasteiger charge is 2.00. The highest BCUT2D eigenvalue weighted by atomic mass is 16.1. The molecule has 1 heterocycles. The molecule has 2 aromatic rings. The molecule has 0 fully saturated rings. The minimum Gasteiger partial charge on any atom is -0.331 e. The number of para-hydroxylation sites is 2. The van der Waals surface area contributed by atoms with Gasteiger partial charge in [0.2, 0.25) is 0 Å². The standard InChI is InChI=1S/C9H10N2.C5H8O/c1-7-10-8-5-3-4-6-9(8)11(7)2;1-3-4-5(2)6/h3-6H,1-2H3;3-4H,1-2H3/b;4-3+. The van der Waals surface area contributed by atoms with Crippen LogP contribution in [0.2, 0.25) is 0 Å². The number of ketones is 1. The molecule has 0 atom stereocenters. The first-order valence-electron chi connectivity index (χ1n) is 5.57. The maximum atomic E-state index is 9.96. The van der Waals surface area contributed by atoms with E-state index in [4.69, 9.17) is 0 Å². The summed E-state index contributed by atoms with van der Waals surface area (Å²) in [7, 11) is 2.03. The lowest BCUT2D eigenvalue weighted by atomic mass is 10.3. The Labute approximate surface area is 102 Å². The van der Waals surface area contributed by atoms with Crippen molar-refractivity contribution in [3.63, 3.8) is 0 Å². The van der Waals surface area contributed by atoms with Crippen LogP contribution in [0.3, 0.4) is 0 Å². The van der Waals surface area contributed by atoms with Crippen molar-refractivity contribution in [1.82, 2.24) is 9.55 Å². The van der Waals surface area contributed by atoms with E-state index < -0.39 is 0 Å². The SMILES string of the molecule is C/C=C/C(C)=O.Cc1nc2ccccc2n1C. The van der Waals surface area contributed by atoms with Crippen molar-refractivity contribution in [3.05, 3.63) is 42.2 Å². The molecule has 0 spiro atoms. The molecule has 17 heavy (non-hydrogen) atoms. The lowest BCUT2D eigenvalue weighted by Crippen LogP contribution is -1.89. The summed E-state index contributed by atoms with van der Waals surface area (Å²) < 4.78 is 2.09. The lowest BCUT2D eigenvalue weighted by molar-refractivity contribution is -0.112. The molecule has 2 rings (SSSR count). The molecular weight excluding hydrogens is 212 g/mol. The number of fused-ring (bicyclic) bond motifs is 1. The fourth-order valence-electron chi connectivity index (χ4n) is 1.50. The largest absolute Gasteiger partial charge is 0.331 e. The Bertz CT molecular complexity index is 538. The Morgan fingerprint density at radius 2 is 2.00 bits per heavy atom. The van der Waals surface area contributed by atoms with Crippen LogP contribution in [-0.4, -0.2) is 15.3 Å². The van der Waals surface area contributed by atoms with Crippen LogP contribution in [0.15, 0.2) is 36.4 Å². The monoisotopic (exact) mass is 230 g/mol. The summed E-state index contributed by atoms with van der Waals surface area (Å²) in [6, 6.07) is 8.15. The number of imidazole rings is 1. The minimum atomic E-state index is 0.109. The van der Waals surface area contributed by atoms with Crippen molar-refractivity contribution in [3.8, 4) is 0 Å². The van der Waals surface area contributed by atoms with Gasteiger partial charge in [-0.2, -0.15) is 0 Å². The maximum absolute atomic E-state index is 9.96. The zero-order valence-corrected chi connectivity index (χ0v) is 10.8. The van der Waals surface area contributed by atoms with Gasteiger partial charge in [0.05, 0.1) is 11.0 Å². The van der Waals surface area contributed by atoms with Gasteiger partial charge in [-0.1, -0.05) is 18.2 Å². The van der Waals surface area contributed by atoms with E-state index in [-0.39, 0.29) is 5.78 Å². The Kier molecular flexibility index (Phi) is 4.64. The first kappa shape index (κ1) is 13.2. The van der Waals surface area contributed by atoms with Gasteiger partial charge in [0.15, 0.2) is 5.78 Å². The van der Waals surface area contributed by atoms with Gasteiger partial charge in [-0.3, -0.25) is 4.79 Å². The summed E-state index contributed by atoms with van der Waals surface area (Å²) in [6.45, 7) is 5.36. The van der Waals surface area contributed by atoms with Gasteiger partial charge in [-0.25, -0.2) is 4.98 Å². The third-order valence-electron chi connectivity index (χ3n) is 2.41. The predicted molar refractivity (Wildman–Crippen MR) is 70.9 cm³/mol. The van der Waals surface area contributed by atoms with Crippen LogP contribution >= 0.6 is 0 Å². The molecule has 0 amide bonds. The van der Waals surface area contributed by atoms with Crippen molar-refractivity contribution in [2.75, 3.05) is 0 Å². The van der Waals surface area contributed by atoms with Crippen LogP contribution in [0.5, 0.6) is 0 Å². The molecule has 0 aliphatic carbocycles. The summed E-state index contributed by atoms with van der Waals surface area (Å²) in [5, 5.41) is 0. The first-order valence-corrected chi connectivity index (χ1v) is 5.57. The van der Waals surface area contributed by atoms with Gasteiger partial charge >= 0.3 is 0 Å². The molecule has 0 unspecified atom stereocenters. The van der Waals surface area contributed by atoms with Crippen molar-refractivity contribution in [2.24, 2.45) is 7.05 Å². The summed E-state index contributed by atoms with van der Waals surface area (Å²) in [5.41, 5.74) is 2.28. The molecule has 90 valence electrons. The van der Waals surface area contributed by atoms with Gasteiger partial charge in [-0.15, -0.1) is 0 Å². The van der Waals surface area contributed by atoms with Gasteiger partial charge in [0.1, 0.15) is 5.82 Å². The zero-order valence-electron chi connectivity index (χ0n) is 10.8. The average Bonchev–Trinajstić information content (AvgIpc) is 2.56. The summed E-state index contributed by atoms with van der Waals surface area (Å²) in [6.07, 6.45) is 3.25. The number of hydrogen-bond donors (Lipinski definition) is 0. The van der Waals surface area contributed by atoms with E-state index in [9.17, 15) is 4.79 Å². The quantitative estimate of drug-likeness (QED) is 0.706. The highest BCUT2D eigenvalue weighted by Crippen LogP contribution is 2.12. The number of aromatic nitrogens is 2. The molecule has 3 nitrogen and oxygen atoms in total. The molecule has 0 aliphatic rings. The van der Waals surface area contributed by atoms with Gasteiger partial charge in [0, 0.05) is 7.05 Å². The van der Waals surface area contributed by atoms with Crippen LogP contribution in [0, 0.1) is 6.92 Å². The second-order valence-electron chi connectivity index (χ2n) is 3.82. The van der Waals surface area contributed by atoms with E-state index in [1.54, 1.807) is 6.08 Å². The Morgan fingerprint density at radius 1 is 1.35 bits per heavy atom. The van der Waals surface area contributed by atoms with E-state index in [0.29, 0.717) is 0 Å². The maximum Gasteiger partial charge on any atom is 0.152 e. The molecule has 0 saturated heterocycles. The molecule has 1 aromatic heterocycles. The summed E-state index contributed by atoms with van der Waals surface area (Å²) in [5.74, 6) is 1.17. The van der Waals surface area contributed by atoms with Gasteiger partial charge in [-0.05, 0) is 39.0 Å². The normalized spacial score (nSPS) is 10.4. The molecule has 0 aliphatic heterocycles. The van der Waals surface area contributed by atoms with Crippen molar-refractivity contribution >= 4 is 16.8 Å². The Hall–Kier alpha value is -1.90. The van der Waals surface area contributed by atoms with E-state index in [1.165, 1.54) is 18.5 Å². The fraction of sp³-hybridized carbons (Fsp3) is 0.286. The molecule has 0 N–H and O–H groups in total. The fourth-order valence-corrected chi connectivity index (χ4v) is 1.50. The third-order valence-corrected chi connectivity index (χ3v) is 2.41. The van der Waals surface area contributed by atoms with E-state index in [0.717, 1.165) is 11.3 Å². The topological polar surface area (TPSA) is 34.9 Å². The minimum absolute atomic E-state index is 0.109. The van der Waals surface area contributed by atoms with E-state index in [1.807, 2.05) is 39.1 Å². The highest BCUT2D eigenvalue weighted by molar-refractivity contribution is 5.87. The smallest absolute Gasteiger partial charge is 0.152 e. The number of carbonyl (C=O) groups is 1. The van der Waals surface area contributed by atoms with Crippen LogP contribution in [-0.2, 0) is 11.8 Å². The number of aryl methyl sites for hydroxylation is 2. The van der Waals surface area contributed by atoms with Crippen molar-refractivity contribution in [2.45, 2.75) is 20.8 Å². The molecule has 0 saturated carbocycles. The number of hydrogen-bond acceptors (Lipinski definition) is 2. The Balaban J connectivity index is 0.000000209. The summed E-state index contributed by atoms with van der Waals surface area (Å²) in [4.78, 5) is 14.3. The van der Waals surface area contributed by atoms with Crippen LogP contribution in [0.4, 0.5) is 0 Å². The molecule has 0 radical (unpaired) electrons. The van der Waals surface area contributed by atoms with Gasteiger partial charge < -0.3 is 4.57 Å². The molecule has 3 heteroatoms. The molecule has 0 bridgehead atoms. The van der Waals surface area contributed by atoms with Crippen LogP contribution in [0.25, 0.3) is 11.0 Å². The second kappa shape index (κ2) is 5.99. The predicted octanol–water partition coefficient (Wildman–Crippen LogP) is 3.03. The summed E-state index contributed by atoms with van der Waals surface area (Å²) >= 11 is 0. The van der Waals surface area contributed by atoms with Crippen LogP contribution < -0.4 is 0 Å². The van der Waals surface area contributed by atoms with E-state index in [2.05, 4.69) is 15.6 Å². The number of nitrogens with zero attached hydrogens (tertiary/aromatic N) is 2. The lowest BCUT2D eigenvalue weighted by Gasteiger charge is -1.93. The number of benzene rings is 1. The van der Waals surface area contributed by atoms with Crippen molar-refractivity contribution in [1.29, 1.82) is 0 Å². The number of carbonyl (C=O) groups excluding carboxylic acids is 1. The number of allylic oxidation sites excluding steroid dienone is 2. The second-order valence-corrected chi connectivity index (χ2v) is 3.82. The Morgan fingerprint density at radius 3 is 2.47 bits per heavy atom. The number of rotatable bonds is 1. The third kappa shape index (κ3) is 3.55. The molecule has 1 aromatic carbocycles. The van der Waals surface area contributed by atoms with Gasteiger partial charge in [0.25, 0.3) is 0 Å². The molecular formula is C14H18N2O. The first-order chi connectivity index (χ1) is 8.06. The van der Waals surface area contributed by atoms with Crippen molar-refractivity contribution < 1.29 is 4.79 Å². The van der Waals surface area contributed by atoms with E-state index >= 15 is 0 Å². The average molecular weight is 230 g/mol. The van der Waals surface area contributed by atoms with Crippen LogP contribution in [0.1, 0.15) is 19.7 Å². The zero-order chi connectivity index (χ0) is 12.8.